The molecule has 0 aliphatic heterocycles. The fourth-order valence-electron chi connectivity index (χ4n) is 1.68. The van der Waals surface area contributed by atoms with Gasteiger partial charge in [-0.2, -0.15) is 11.3 Å². The maximum absolute atomic E-state index is 12.6. The molecule has 0 saturated carbocycles. The Hall–Kier alpha value is -2.16. The van der Waals surface area contributed by atoms with E-state index >= 15 is 0 Å². The summed E-state index contributed by atoms with van der Waals surface area (Å²) >= 11 is 6.69. The molecule has 6 nitrogen and oxygen atoms in total. The third-order valence-electron chi connectivity index (χ3n) is 2.79. The molecule has 2 rings (SSSR count). The normalized spacial score (nSPS) is 12.1. The van der Waals surface area contributed by atoms with E-state index in [-0.39, 0.29) is 15.4 Å². The number of aliphatic hydroxyl groups is 1. The number of carbonyl (C=O) groups is 2. The van der Waals surface area contributed by atoms with Crippen LogP contribution in [0.3, 0.4) is 0 Å². The molecule has 0 amide bonds. The Bertz CT molecular complexity index is 894. The number of aliphatic carboxylic acids is 1. The van der Waals surface area contributed by atoms with Gasteiger partial charge < -0.3 is 10.2 Å². The third kappa shape index (κ3) is 3.61. The van der Waals surface area contributed by atoms with Gasteiger partial charge >= 0.3 is 5.97 Å². The van der Waals surface area contributed by atoms with E-state index in [0.29, 0.717) is 11.1 Å². The molecule has 1 aromatic heterocycles. The predicted octanol–water partition coefficient (Wildman–Crippen LogP) is 2.94. The number of carbonyl (C=O) groups excluding carboxylic acids is 1. The van der Waals surface area contributed by atoms with Crippen LogP contribution in [-0.2, 0) is 14.6 Å². The van der Waals surface area contributed by atoms with E-state index in [1.54, 1.807) is 0 Å². The number of thiophene rings is 1. The van der Waals surface area contributed by atoms with Crippen molar-refractivity contribution in [3.63, 3.8) is 0 Å². The molecule has 2 N–H and O–H groups in total. The van der Waals surface area contributed by atoms with Crippen molar-refractivity contribution in [1.82, 2.24) is 0 Å². The lowest BCUT2D eigenvalue weighted by atomic mass is 10.2. The van der Waals surface area contributed by atoms with E-state index in [1.807, 2.05) is 0 Å². The number of hydrogen-bond donors (Lipinski definition) is 2. The van der Waals surface area contributed by atoms with Crippen LogP contribution in [0.15, 0.2) is 56.7 Å². The van der Waals surface area contributed by atoms with Crippen LogP contribution in [0.5, 0.6) is 0 Å². The molecular weight excluding hydrogens is 364 g/mol. The van der Waals surface area contributed by atoms with Crippen molar-refractivity contribution in [2.24, 2.45) is 0 Å². The highest BCUT2D eigenvalue weighted by atomic mass is 35.5. The fourth-order valence-corrected chi connectivity index (χ4v) is 4.45. The maximum Gasteiger partial charge on any atom is 0.371 e. The minimum Gasteiger partial charge on any atom is -0.502 e. The van der Waals surface area contributed by atoms with Gasteiger partial charge in [-0.15, -0.1) is 0 Å². The van der Waals surface area contributed by atoms with Gasteiger partial charge in [0.05, 0.1) is 15.4 Å². The number of carboxylic acids is 1. The van der Waals surface area contributed by atoms with E-state index in [1.165, 1.54) is 35.0 Å². The van der Waals surface area contributed by atoms with Gasteiger partial charge in [0.2, 0.25) is 15.6 Å². The first kappa shape index (κ1) is 17.2. The van der Waals surface area contributed by atoms with Crippen molar-refractivity contribution < 1.29 is 28.2 Å². The number of ketones is 1. The molecule has 0 aliphatic rings. The molecule has 0 fully saturated rings. The van der Waals surface area contributed by atoms with E-state index in [0.717, 1.165) is 11.3 Å². The van der Waals surface area contributed by atoms with Gasteiger partial charge in [-0.3, -0.25) is 4.79 Å². The molecule has 0 atom stereocenters. The Morgan fingerprint density at radius 3 is 2.26 bits per heavy atom. The van der Waals surface area contributed by atoms with Crippen molar-refractivity contribution >= 4 is 44.5 Å². The molecule has 0 unspecified atom stereocenters. The average molecular weight is 373 g/mol. The van der Waals surface area contributed by atoms with E-state index in [4.69, 9.17) is 21.8 Å². The van der Waals surface area contributed by atoms with Crippen molar-refractivity contribution in [3.05, 3.63) is 57.4 Å². The van der Waals surface area contributed by atoms with Gasteiger partial charge in [0.15, 0.2) is 5.78 Å². The Kier molecular flexibility index (Phi) is 4.88. The standard InChI is InChI=1S/C14H9ClO6S2/c15-8-1-3-9(4-2-8)23(20,21)13-7-22-6-10(13)11(16)5-12(17)14(18)19/h1-7,17H,(H,18,19). The molecule has 1 aromatic carbocycles. The second-order valence-corrected chi connectivity index (χ2v) is 7.40. The van der Waals surface area contributed by atoms with Gasteiger partial charge in [-0.25, -0.2) is 13.2 Å². The zero-order valence-electron chi connectivity index (χ0n) is 11.3. The topological polar surface area (TPSA) is 109 Å². The zero-order chi connectivity index (χ0) is 17.2. The zero-order valence-corrected chi connectivity index (χ0v) is 13.7. The van der Waals surface area contributed by atoms with Gasteiger partial charge in [-0.1, -0.05) is 11.6 Å². The quantitative estimate of drug-likeness (QED) is 0.474. The van der Waals surface area contributed by atoms with E-state index in [2.05, 4.69) is 0 Å². The maximum atomic E-state index is 12.6. The van der Waals surface area contributed by atoms with Crippen LogP contribution in [0.4, 0.5) is 0 Å². The number of benzene rings is 1. The van der Waals surface area contributed by atoms with Crippen molar-refractivity contribution in [1.29, 1.82) is 0 Å². The van der Waals surface area contributed by atoms with E-state index in [9.17, 15) is 18.0 Å². The lowest BCUT2D eigenvalue weighted by Crippen LogP contribution is -2.08. The Morgan fingerprint density at radius 2 is 1.70 bits per heavy atom. The number of allylic oxidation sites excluding steroid dienone is 1. The second-order valence-electron chi connectivity index (χ2n) is 4.31. The monoisotopic (exact) mass is 372 g/mol. The first-order valence-electron chi connectivity index (χ1n) is 5.98. The summed E-state index contributed by atoms with van der Waals surface area (Å²) in [4.78, 5) is 22.2. The van der Waals surface area contributed by atoms with E-state index < -0.39 is 27.3 Å². The lowest BCUT2D eigenvalue weighted by Gasteiger charge is -2.05. The Balaban J connectivity index is 2.49. The largest absolute Gasteiger partial charge is 0.502 e. The summed E-state index contributed by atoms with van der Waals surface area (Å²) < 4.78 is 25.1. The van der Waals surface area contributed by atoms with Crippen LogP contribution in [-0.4, -0.2) is 30.4 Å². The van der Waals surface area contributed by atoms with Gasteiger partial charge in [0.1, 0.15) is 0 Å². The van der Waals surface area contributed by atoms with Gasteiger partial charge in [0, 0.05) is 21.9 Å². The average Bonchev–Trinajstić information content (AvgIpc) is 2.97. The van der Waals surface area contributed by atoms with Crippen molar-refractivity contribution in [3.8, 4) is 0 Å². The van der Waals surface area contributed by atoms with Crippen LogP contribution in [0.1, 0.15) is 10.4 Å². The first-order valence-corrected chi connectivity index (χ1v) is 8.79. The number of sulfone groups is 1. The molecule has 2 aromatic rings. The minimum absolute atomic E-state index is 0.0548. The smallest absolute Gasteiger partial charge is 0.371 e. The van der Waals surface area contributed by atoms with Crippen LogP contribution in [0.25, 0.3) is 0 Å². The molecule has 120 valence electrons. The van der Waals surface area contributed by atoms with Crippen molar-refractivity contribution in [2.75, 3.05) is 0 Å². The van der Waals surface area contributed by atoms with Crippen LogP contribution in [0, 0.1) is 0 Å². The molecule has 0 bridgehead atoms. The minimum atomic E-state index is -3.97. The lowest BCUT2D eigenvalue weighted by molar-refractivity contribution is -0.135. The summed E-state index contributed by atoms with van der Waals surface area (Å²) in [7, 11) is -3.97. The molecule has 0 spiro atoms. The fraction of sp³-hybridized carbons (Fsp3) is 0. The summed E-state index contributed by atoms with van der Waals surface area (Å²) in [6.45, 7) is 0. The highest BCUT2D eigenvalue weighted by molar-refractivity contribution is 7.91. The number of halogens is 1. The SMILES string of the molecule is O=C(O)C(O)=CC(=O)c1cscc1S(=O)(=O)c1ccc(Cl)cc1. The number of carboxylic acid groups (broad SMARTS) is 1. The highest BCUT2D eigenvalue weighted by Gasteiger charge is 2.25. The third-order valence-corrected chi connectivity index (χ3v) is 5.75. The summed E-state index contributed by atoms with van der Waals surface area (Å²) in [5.74, 6) is -3.77. The van der Waals surface area contributed by atoms with Gasteiger partial charge in [-0.05, 0) is 24.3 Å². The Morgan fingerprint density at radius 1 is 1.09 bits per heavy atom. The number of rotatable bonds is 5. The first-order chi connectivity index (χ1) is 10.7. The molecule has 9 heteroatoms. The molecule has 1 heterocycles. The van der Waals surface area contributed by atoms with Crippen LogP contribution >= 0.6 is 22.9 Å². The summed E-state index contributed by atoms with van der Waals surface area (Å²) in [5.41, 5.74) is -0.210. The number of aliphatic hydroxyl groups excluding tert-OH is 1. The van der Waals surface area contributed by atoms with Crippen LogP contribution < -0.4 is 0 Å². The summed E-state index contributed by atoms with van der Waals surface area (Å²) in [5, 5.41) is 20.6. The molecule has 0 saturated heterocycles. The van der Waals surface area contributed by atoms with Crippen molar-refractivity contribution in [2.45, 2.75) is 9.79 Å². The molecular formula is C14H9ClO6S2. The number of hydrogen-bond acceptors (Lipinski definition) is 6. The summed E-state index contributed by atoms with van der Waals surface area (Å²) in [6.07, 6.45) is 0.464. The Labute approximate surface area is 140 Å². The summed E-state index contributed by atoms with van der Waals surface area (Å²) in [6, 6.07) is 5.40. The highest BCUT2D eigenvalue weighted by Crippen LogP contribution is 2.28. The van der Waals surface area contributed by atoms with Crippen LogP contribution in [0.2, 0.25) is 5.02 Å². The predicted molar refractivity (Wildman–Crippen MR) is 83.9 cm³/mol. The molecule has 0 aliphatic carbocycles. The molecule has 0 radical (unpaired) electrons. The van der Waals surface area contributed by atoms with Gasteiger partial charge in [0.25, 0.3) is 0 Å². The molecule has 23 heavy (non-hydrogen) atoms. The second kappa shape index (κ2) is 6.53.